The predicted octanol–water partition coefficient (Wildman–Crippen LogP) is 2.59. The molecule has 0 spiro atoms. The lowest BCUT2D eigenvalue weighted by atomic mass is 10.1. The smallest absolute Gasteiger partial charge is 0.258 e. The molecule has 1 N–H and O–H groups in total. The lowest BCUT2D eigenvalue weighted by Gasteiger charge is -2.13. The van der Waals surface area contributed by atoms with Crippen LogP contribution in [0.4, 0.5) is 10.1 Å². The number of aromatic nitrogens is 1. The number of fused-ring (bicyclic) bond motifs is 1. The highest BCUT2D eigenvalue weighted by molar-refractivity contribution is 7.96. The number of pyridine rings is 1. The summed E-state index contributed by atoms with van der Waals surface area (Å²) in [7, 11) is -7.45. The van der Waals surface area contributed by atoms with Crippen molar-refractivity contribution in [3.8, 4) is 0 Å². The molecule has 0 radical (unpaired) electrons. The van der Waals surface area contributed by atoms with Gasteiger partial charge in [-0.15, -0.1) is 0 Å². The summed E-state index contributed by atoms with van der Waals surface area (Å²) in [5.74, 6) is -2.41. The third-order valence-electron chi connectivity index (χ3n) is 5.02. The van der Waals surface area contributed by atoms with Crippen molar-refractivity contribution in [2.75, 3.05) is 16.8 Å². The molecule has 1 saturated heterocycles. The van der Waals surface area contributed by atoms with Gasteiger partial charge in [-0.25, -0.2) is 21.2 Å². The number of carbonyl (C=O) groups excluding carboxylic acids is 1. The number of halogens is 1. The maximum Gasteiger partial charge on any atom is 0.258 e. The van der Waals surface area contributed by atoms with Crippen molar-refractivity contribution in [3.63, 3.8) is 0 Å². The molecule has 1 atom stereocenters. The van der Waals surface area contributed by atoms with E-state index in [0.29, 0.717) is 11.2 Å². The van der Waals surface area contributed by atoms with E-state index in [1.165, 1.54) is 0 Å². The molecular weight excluding hydrogens is 431 g/mol. The van der Waals surface area contributed by atoms with Gasteiger partial charge in [-0.2, -0.15) is 0 Å². The Morgan fingerprint density at radius 2 is 1.90 bits per heavy atom. The summed E-state index contributed by atoms with van der Waals surface area (Å²) in [6.45, 7) is 0. The van der Waals surface area contributed by atoms with Gasteiger partial charge in [0, 0.05) is 11.6 Å². The average Bonchev–Trinajstić information content (AvgIpc) is 3.09. The number of benzene rings is 2. The summed E-state index contributed by atoms with van der Waals surface area (Å²) in [4.78, 5) is 16.6. The quantitative estimate of drug-likeness (QED) is 0.615. The Morgan fingerprint density at radius 1 is 1.13 bits per heavy atom. The molecule has 1 aliphatic heterocycles. The minimum absolute atomic E-state index is 0.0226. The summed E-state index contributed by atoms with van der Waals surface area (Å²) >= 11 is 0. The van der Waals surface area contributed by atoms with E-state index >= 15 is 0 Å². The van der Waals surface area contributed by atoms with Gasteiger partial charge in [0.1, 0.15) is 5.82 Å². The van der Waals surface area contributed by atoms with Crippen LogP contribution in [-0.4, -0.2) is 44.5 Å². The Labute approximate surface area is 172 Å². The molecule has 0 aliphatic carbocycles. The molecule has 156 valence electrons. The summed E-state index contributed by atoms with van der Waals surface area (Å²) in [6.07, 6.45) is 1.53. The minimum Gasteiger partial charge on any atom is -0.320 e. The molecule has 10 heteroatoms. The zero-order valence-electron chi connectivity index (χ0n) is 15.6. The van der Waals surface area contributed by atoms with Gasteiger partial charge < -0.3 is 5.32 Å². The molecule has 2 aromatic carbocycles. The van der Waals surface area contributed by atoms with Crippen LogP contribution < -0.4 is 5.32 Å². The Kier molecular flexibility index (Phi) is 5.07. The normalized spacial score (nSPS) is 18.4. The van der Waals surface area contributed by atoms with Gasteiger partial charge in [-0.3, -0.25) is 9.78 Å². The van der Waals surface area contributed by atoms with E-state index in [9.17, 15) is 26.0 Å². The summed E-state index contributed by atoms with van der Waals surface area (Å²) < 4.78 is 63.3. The van der Waals surface area contributed by atoms with E-state index < -0.39 is 48.0 Å². The topological polar surface area (TPSA) is 110 Å². The van der Waals surface area contributed by atoms with Crippen LogP contribution in [0.2, 0.25) is 0 Å². The van der Waals surface area contributed by atoms with Gasteiger partial charge in [0.05, 0.1) is 38.4 Å². The largest absolute Gasteiger partial charge is 0.320 e. The third-order valence-corrected chi connectivity index (χ3v) is 9.19. The fourth-order valence-corrected chi connectivity index (χ4v) is 7.83. The first kappa shape index (κ1) is 20.4. The van der Waals surface area contributed by atoms with Crippen LogP contribution in [-0.2, 0) is 19.7 Å². The lowest BCUT2D eigenvalue weighted by Crippen LogP contribution is -2.23. The third kappa shape index (κ3) is 3.80. The summed E-state index contributed by atoms with van der Waals surface area (Å²) in [5.41, 5.74) is 0.409. The SMILES string of the molecule is O=C(Nc1cccc2cccnc12)c1cc(S(=O)(=O)[C@H]2CCS(=O)(=O)C2)ccc1F. The van der Waals surface area contributed by atoms with Gasteiger partial charge >= 0.3 is 0 Å². The number of hydrogen-bond donors (Lipinski definition) is 1. The second-order valence-corrected chi connectivity index (χ2v) is 11.5. The number of amides is 1. The standard InChI is InChI=1S/C20H17FN2O5S2/c21-17-7-6-14(30(27,28)15-8-10-29(25,26)12-15)11-16(17)20(24)23-18-5-1-3-13-4-2-9-22-19(13)18/h1-7,9,11,15H,8,10,12H2,(H,23,24)/t15-/m0/s1. The number of hydrogen-bond acceptors (Lipinski definition) is 6. The van der Waals surface area contributed by atoms with Crippen molar-refractivity contribution >= 4 is 42.2 Å². The molecule has 0 saturated carbocycles. The van der Waals surface area contributed by atoms with Gasteiger partial charge in [0.25, 0.3) is 5.91 Å². The molecule has 30 heavy (non-hydrogen) atoms. The second kappa shape index (κ2) is 7.44. The average molecular weight is 448 g/mol. The zero-order valence-corrected chi connectivity index (χ0v) is 17.2. The van der Waals surface area contributed by atoms with Crippen molar-refractivity contribution in [1.29, 1.82) is 0 Å². The van der Waals surface area contributed by atoms with Crippen LogP contribution in [0.5, 0.6) is 0 Å². The van der Waals surface area contributed by atoms with E-state index in [1.54, 1.807) is 36.5 Å². The van der Waals surface area contributed by atoms with Gasteiger partial charge in [-0.1, -0.05) is 18.2 Å². The maximum atomic E-state index is 14.4. The molecule has 7 nitrogen and oxygen atoms in total. The van der Waals surface area contributed by atoms with E-state index in [2.05, 4.69) is 10.3 Å². The second-order valence-electron chi connectivity index (χ2n) is 7.05. The van der Waals surface area contributed by atoms with E-state index in [1.807, 2.05) is 0 Å². The van der Waals surface area contributed by atoms with Gasteiger partial charge in [-0.05, 0) is 36.8 Å². The molecular formula is C20H17FN2O5S2. The highest BCUT2D eigenvalue weighted by Crippen LogP contribution is 2.27. The van der Waals surface area contributed by atoms with Crippen LogP contribution in [0.3, 0.4) is 0 Å². The monoisotopic (exact) mass is 448 g/mol. The molecule has 3 aromatic rings. The van der Waals surface area contributed by atoms with E-state index in [0.717, 1.165) is 23.6 Å². The zero-order chi connectivity index (χ0) is 21.5. The Hall–Kier alpha value is -2.85. The minimum atomic E-state index is -4.03. The van der Waals surface area contributed by atoms with E-state index in [4.69, 9.17) is 0 Å². The van der Waals surface area contributed by atoms with E-state index in [-0.39, 0.29) is 17.1 Å². The Balaban J connectivity index is 1.67. The Bertz CT molecular complexity index is 1370. The Morgan fingerprint density at radius 3 is 2.63 bits per heavy atom. The van der Waals surface area contributed by atoms with Crippen LogP contribution in [0.25, 0.3) is 10.9 Å². The van der Waals surface area contributed by atoms with Gasteiger partial charge in [0.2, 0.25) is 0 Å². The lowest BCUT2D eigenvalue weighted by molar-refractivity contribution is 0.102. The molecule has 1 amide bonds. The van der Waals surface area contributed by atoms with Crippen molar-refractivity contribution in [3.05, 3.63) is 66.1 Å². The first-order valence-corrected chi connectivity index (χ1v) is 12.4. The summed E-state index contributed by atoms with van der Waals surface area (Å²) in [6, 6.07) is 11.6. The van der Waals surface area contributed by atoms with Crippen LogP contribution in [0, 0.1) is 5.82 Å². The first-order chi connectivity index (χ1) is 14.2. The summed E-state index contributed by atoms with van der Waals surface area (Å²) in [5, 5.41) is 2.24. The number of para-hydroxylation sites is 1. The predicted molar refractivity (Wildman–Crippen MR) is 110 cm³/mol. The number of rotatable bonds is 4. The van der Waals surface area contributed by atoms with Crippen LogP contribution in [0.15, 0.2) is 59.6 Å². The molecule has 4 rings (SSSR count). The van der Waals surface area contributed by atoms with Crippen molar-refractivity contribution < 1.29 is 26.0 Å². The first-order valence-electron chi connectivity index (χ1n) is 9.06. The van der Waals surface area contributed by atoms with Crippen molar-refractivity contribution in [1.82, 2.24) is 4.98 Å². The molecule has 0 bridgehead atoms. The fourth-order valence-electron chi connectivity index (χ4n) is 3.45. The van der Waals surface area contributed by atoms with Crippen molar-refractivity contribution in [2.45, 2.75) is 16.6 Å². The number of sulfone groups is 2. The molecule has 2 heterocycles. The number of anilines is 1. The molecule has 0 unspecified atom stereocenters. The highest BCUT2D eigenvalue weighted by Gasteiger charge is 2.38. The van der Waals surface area contributed by atoms with Crippen molar-refractivity contribution in [2.24, 2.45) is 0 Å². The fraction of sp³-hybridized carbons (Fsp3) is 0.200. The molecule has 1 fully saturated rings. The molecule has 1 aliphatic rings. The van der Waals surface area contributed by atoms with Gasteiger partial charge in [0.15, 0.2) is 19.7 Å². The van der Waals surface area contributed by atoms with Crippen LogP contribution >= 0.6 is 0 Å². The van der Waals surface area contributed by atoms with Crippen LogP contribution in [0.1, 0.15) is 16.8 Å². The number of nitrogens with one attached hydrogen (secondary N) is 1. The maximum absolute atomic E-state index is 14.4. The highest BCUT2D eigenvalue weighted by atomic mass is 32.2. The number of carbonyl (C=O) groups is 1. The molecule has 1 aromatic heterocycles. The number of nitrogens with zero attached hydrogens (tertiary/aromatic N) is 1.